The third-order valence-corrected chi connectivity index (χ3v) is 3.11. The van der Waals surface area contributed by atoms with Crippen molar-refractivity contribution in [3.05, 3.63) is 28.8 Å². The fourth-order valence-corrected chi connectivity index (χ4v) is 2.34. The number of benzene rings is 1. The molecule has 0 bridgehead atoms. The van der Waals surface area contributed by atoms with Crippen LogP contribution >= 0.6 is 8.03 Å². The summed E-state index contributed by atoms with van der Waals surface area (Å²) >= 11 is 0. The Morgan fingerprint density at radius 2 is 1.58 bits per heavy atom. The second-order valence-electron chi connectivity index (χ2n) is 3.08. The first-order valence-electron chi connectivity index (χ1n) is 3.83. The van der Waals surface area contributed by atoms with Gasteiger partial charge in [-0.05, 0) is 31.9 Å². The van der Waals surface area contributed by atoms with E-state index in [1.807, 2.05) is 32.9 Å². The second kappa shape index (κ2) is 3.42. The number of aryl methyl sites for hydroxylation is 3. The van der Waals surface area contributed by atoms with E-state index < -0.39 is 8.03 Å². The van der Waals surface area contributed by atoms with Crippen molar-refractivity contribution in [1.29, 1.82) is 0 Å². The van der Waals surface area contributed by atoms with Crippen LogP contribution in [0.25, 0.3) is 0 Å². The summed E-state index contributed by atoms with van der Waals surface area (Å²) < 4.78 is 10.9. The van der Waals surface area contributed by atoms with E-state index in [1.54, 1.807) is 0 Å². The van der Waals surface area contributed by atoms with Crippen LogP contribution in [0.1, 0.15) is 16.7 Å². The molecule has 1 aromatic carbocycles. The quantitative estimate of drug-likeness (QED) is 0.674. The molecule has 1 N–H and O–H groups in total. The van der Waals surface area contributed by atoms with Gasteiger partial charge in [0.15, 0.2) is 0 Å². The molecule has 0 aliphatic carbocycles. The molecule has 66 valence electrons. The van der Waals surface area contributed by atoms with Gasteiger partial charge in [0.25, 0.3) is 0 Å². The summed E-state index contributed by atoms with van der Waals surface area (Å²) in [7, 11) is -2.54. The predicted molar refractivity (Wildman–Crippen MR) is 51.5 cm³/mol. The molecule has 0 saturated carbocycles. The van der Waals surface area contributed by atoms with Crippen molar-refractivity contribution in [2.45, 2.75) is 20.8 Å². The van der Waals surface area contributed by atoms with E-state index in [9.17, 15) is 4.57 Å². The number of hydrogen-bond acceptors (Lipinski definition) is 1. The predicted octanol–water partition coefficient (Wildman–Crippen LogP) is 1.70. The molecule has 2 nitrogen and oxygen atoms in total. The normalized spacial score (nSPS) is 13.0. The van der Waals surface area contributed by atoms with Gasteiger partial charge in [-0.2, -0.15) is 0 Å². The van der Waals surface area contributed by atoms with Gasteiger partial charge in [0.2, 0.25) is 8.03 Å². The van der Waals surface area contributed by atoms with Crippen molar-refractivity contribution in [2.24, 2.45) is 0 Å². The van der Waals surface area contributed by atoms with Gasteiger partial charge in [-0.1, -0.05) is 17.7 Å². The average molecular weight is 184 g/mol. The first-order valence-corrected chi connectivity index (χ1v) is 5.19. The molecule has 1 unspecified atom stereocenters. The molecular formula is C9H13O2P. The van der Waals surface area contributed by atoms with E-state index in [4.69, 9.17) is 4.89 Å². The van der Waals surface area contributed by atoms with Gasteiger partial charge in [-0.25, -0.2) is 0 Å². The smallest absolute Gasteiger partial charge is 0.218 e. The maximum Gasteiger partial charge on any atom is 0.218 e. The van der Waals surface area contributed by atoms with Crippen LogP contribution in [0, 0.1) is 20.8 Å². The Bertz CT molecular complexity index is 308. The summed E-state index contributed by atoms with van der Waals surface area (Å²) in [4.78, 5) is 9.02. The van der Waals surface area contributed by atoms with Crippen LogP contribution in [0.5, 0.6) is 0 Å². The van der Waals surface area contributed by atoms with Crippen molar-refractivity contribution in [2.75, 3.05) is 0 Å². The van der Waals surface area contributed by atoms with E-state index in [0.717, 1.165) is 16.7 Å². The maximum absolute atomic E-state index is 10.9. The second-order valence-corrected chi connectivity index (χ2v) is 4.19. The highest BCUT2D eigenvalue weighted by Crippen LogP contribution is 2.19. The third-order valence-electron chi connectivity index (χ3n) is 1.89. The third kappa shape index (κ3) is 1.77. The molecule has 0 aromatic heterocycles. The molecule has 0 radical (unpaired) electrons. The standard InChI is InChI=1S/C9H13O2P/c1-6-4-7(2)9(12(10)11)8(3)5-6/h4-5,12H,1-3H3,(H,10,11). The lowest BCUT2D eigenvalue weighted by Crippen LogP contribution is -2.06. The Kier molecular flexibility index (Phi) is 2.71. The largest absolute Gasteiger partial charge is 0.343 e. The summed E-state index contributed by atoms with van der Waals surface area (Å²) in [5.41, 5.74) is 2.97. The first-order chi connectivity index (χ1) is 5.52. The fourth-order valence-electron chi connectivity index (χ4n) is 1.52. The van der Waals surface area contributed by atoms with Crippen LogP contribution in [-0.4, -0.2) is 4.89 Å². The lowest BCUT2D eigenvalue weighted by molar-refractivity contribution is 0.513. The van der Waals surface area contributed by atoms with Crippen molar-refractivity contribution >= 4 is 13.3 Å². The van der Waals surface area contributed by atoms with Gasteiger partial charge in [0, 0.05) is 5.30 Å². The Morgan fingerprint density at radius 1 is 1.17 bits per heavy atom. The molecule has 0 fully saturated rings. The zero-order chi connectivity index (χ0) is 9.30. The van der Waals surface area contributed by atoms with Crippen molar-refractivity contribution < 1.29 is 9.46 Å². The molecule has 0 aliphatic heterocycles. The lowest BCUT2D eigenvalue weighted by Gasteiger charge is -2.07. The molecule has 0 aliphatic rings. The summed E-state index contributed by atoms with van der Waals surface area (Å²) in [6, 6.07) is 3.86. The van der Waals surface area contributed by atoms with E-state index in [2.05, 4.69) is 0 Å². The zero-order valence-corrected chi connectivity index (χ0v) is 8.51. The Morgan fingerprint density at radius 3 is 1.92 bits per heavy atom. The van der Waals surface area contributed by atoms with Crippen LogP contribution < -0.4 is 5.30 Å². The summed E-state index contributed by atoms with van der Waals surface area (Å²) in [5.74, 6) is 0. The molecule has 0 spiro atoms. The van der Waals surface area contributed by atoms with Crippen molar-refractivity contribution in [3.63, 3.8) is 0 Å². The SMILES string of the molecule is Cc1cc(C)c([PH](=O)O)c(C)c1. The molecule has 0 amide bonds. The molecule has 12 heavy (non-hydrogen) atoms. The average Bonchev–Trinajstić information content (AvgIpc) is 1.82. The van der Waals surface area contributed by atoms with E-state index in [1.165, 1.54) is 0 Å². The highest BCUT2D eigenvalue weighted by atomic mass is 31.1. The van der Waals surface area contributed by atoms with Gasteiger partial charge < -0.3 is 4.89 Å². The number of hydrogen-bond donors (Lipinski definition) is 1. The van der Waals surface area contributed by atoms with Crippen LogP contribution in [0.15, 0.2) is 12.1 Å². The van der Waals surface area contributed by atoms with Crippen LogP contribution in [-0.2, 0) is 4.57 Å². The van der Waals surface area contributed by atoms with Gasteiger partial charge >= 0.3 is 0 Å². The highest BCUT2D eigenvalue weighted by Gasteiger charge is 2.07. The Balaban J connectivity index is 3.38. The van der Waals surface area contributed by atoms with Gasteiger partial charge in [0.05, 0.1) is 0 Å². The zero-order valence-electron chi connectivity index (χ0n) is 7.51. The summed E-state index contributed by atoms with van der Waals surface area (Å²) in [6.07, 6.45) is 0. The minimum atomic E-state index is -2.54. The van der Waals surface area contributed by atoms with Crippen molar-refractivity contribution in [1.82, 2.24) is 0 Å². The van der Waals surface area contributed by atoms with E-state index in [-0.39, 0.29) is 0 Å². The van der Waals surface area contributed by atoms with Crippen LogP contribution in [0.4, 0.5) is 0 Å². The highest BCUT2D eigenvalue weighted by molar-refractivity contribution is 7.47. The van der Waals surface area contributed by atoms with Crippen LogP contribution in [0.2, 0.25) is 0 Å². The van der Waals surface area contributed by atoms with E-state index >= 15 is 0 Å². The number of rotatable bonds is 1. The molecule has 1 rings (SSSR count). The molecule has 1 atom stereocenters. The monoisotopic (exact) mass is 184 g/mol. The summed E-state index contributed by atoms with van der Waals surface area (Å²) in [5, 5.41) is 0.616. The molecule has 3 heteroatoms. The molecule has 0 heterocycles. The van der Waals surface area contributed by atoms with E-state index in [0.29, 0.717) is 5.30 Å². The Hall–Kier alpha value is -0.590. The molecular weight excluding hydrogens is 171 g/mol. The molecule has 1 aromatic rings. The van der Waals surface area contributed by atoms with Gasteiger partial charge in [-0.3, -0.25) is 4.57 Å². The maximum atomic E-state index is 10.9. The fraction of sp³-hybridized carbons (Fsp3) is 0.333. The lowest BCUT2D eigenvalue weighted by atomic mass is 10.1. The van der Waals surface area contributed by atoms with Crippen molar-refractivity contribution in [3.8, 4) is 0 Å². The topological polar surface area (TPSA) is 37.3 Å². The molecule has 0 saturated heterocycles. The van der Waals surface area contributed by atoms with Crippen LogP contribution in [0.3, 0.4) is 0 Å². The first kappa shape index (κ1) is 9.50. The summed E-state index contributed by atoms with van der Waals surface area (Å²) in [6.45, 7) is 5.72. The van der Waals surface area contributed by atoms with Gasteiger partial charge in [-0.15, -0.1) is 0 Å². The minimum absolute atomic E-state index is 0.616. The minimum Gasteiger partial charge on any atom is -0.343 e. The Labute approximate surface area is 73.1 Å². The van der Waals surface area contributed by atoms with Gasteiger partial charge in [0.1, 0.15) is 0 Å².